The van der Waals surface area contributed by atoms with E-state index in [0.717, 1.165) is 6.42 Å². The molecule has 0 aromatic heterocycles. The van der Waals surface area contributed by atoms with Crippen LogP contribution < -0.4 is 0 Å². The average molecular weight is 121 g/mol. The molecule has 0 spiro atoms. The minimum atomic E-state index is 0.701. The summed E-state index contributed by atoms with van der Waals surface area (Å²) in [6, 6.07) is 0. The summed E-state index contributed by atoms with van der Waals surface area (Å²) in [7, 11) is 0. The molecule has 0 saturated carbocycles. The Labute approximate surface area is 56.1 Å². The molecule has 0 saturated heterocycles. The van der Waals surface area contributed by atoms with Gasteiger partial charge >= 0.3 is 0 Å². The van der Waals surface area contributed by atoms with E-state index < -0.39 is 0 Å². The highest BCUT2D eigenvalue weighted by atomic mass is 14.7. The van der Waals surface area contributed by atoms with Gasteiger partial charge in [-0.05, 0) is 6.42 Å². The van der Waals surface area contributed by atoms with Crippen molar-refractivity contribution in [3.05, 3.63) is 30.7 Å². The van der Waals surface area contributed by atoms with Crippen LogP contribution >= 0.6 is 0 Å². The molecule has 0 aliphatic carbocycles. The smallest absolute Gasteiger partial charge is 0.0630 e. The Balaban J connectivity index is 3.77. The van der Waals surface area contributed by atoms with Gasteiger partial charge in [0.2, 0.25) is 0 Å². The number of allylic oxidation sites excluding steroid dienone is 1. The van der Waals surface area contributed by atoms with Crippen molar-refractivity contribution in [1.82, 2.24) is 0 Å². The molecule has 0 aromatic carbocycles. The topological polar surface area (TPSA) is 12.4 Å². The Morgan fingerprint density at radius 2 is 2.44 bits per heavy atom. The maximum Gasteiger partial charge on any atom is 0.0630 e. The summed E-state index contributed by atoms with van der Waals surface area (Å²) in [5.41, 5.74) is 3.29. The average Bonchev–Trinajstić information content (AvgIpc) is 1.85. The molecule has 0 aliphatic rings. The van der Waals surface area contributed by atoms with Crippen molar-refractivity contribution >= 4 is 6.21 Å². The Morgan fingerprint density at radius 1 is 1.78 bits per heavy atom. The van der Waals surface area contributed by atoms with Gasteiger partial charge in [-0.25, -0.2) is 0 Å². The van der Waals surface area contributed by atoms with E-state index in [0.29, 0.717) is 5.70 Å². The van der Waals surface area contributed by atoms with Gasteiger partial charge < -0.3 is 0 Å². The highest BCUT2D eigenvalue weighted by molar-refractivity contribution is 5.58. The first-order valence-electron chi connectivity index (χ1n) is 2.88. The summed E-state index contributed by atoms with van der Waals surface area (Å²) in [5.74, 6) is 0. The monoisotopic (exact) mass is 121 g/mol. The van der Waals surface area contributed by atoms with E-state index in [-0.39, 0.29) is 0 Å². The molecule has 0 aromatic rings. The summed E-state index contributed by atoms with van der Waals surface area (Å²) in [5, 5.41) is 0. The highest BCUT2D eigenvalue weighted by Gasteiger charge is 1.74. The van der Waals surface area contributed by atoms with E-state index >= 15 is 0 Å². The van der Waals surface area contributed by atoms with Crippen LogP contribution in [0.4, 0.5) is 0 Å². The molecule has 0 fully saturated rings. The van der Waals surface area contributed by atoms with E-state index in [2.05, 4.69) is 23.9 Å². The van der Waals surface area contributed by atoms with E-state index in [1.807, 2.05) is 6.92 Å². The Morgan fingerprint density at radius 3 is 2.89 bits per heavy atom. The van der Waals surface area contributed by atoms with Crippen LogP contribution in [0.1, 0.15) is 13.3 Å². The Bertz CT molecular complexity index is 159. The Kier molecular flexibility index (Phi) is 4.47. The minimum Gasteiger partial charge on any atom is -0.261 e. The van der Waals surface area contributed by atoms with E-state index in [4.69, 9.17) is 0 Å². The van der Waals surface area contributed by atoms with Crippen LogP contribution in [0.15, 0.2) is 35.7 Å². The summed E-state index contributed by atoms with van der Waals surface area (Å²) in [4.78, 5) is 3.95. The minimum absolute atomic E-state index is 0.701. The van der Waals surface area contributed by atoms with Crippen LogP contribution in [0.5, 0.6) is 0 Å². The molecule has 0 rings (SSSR count). The molecule has 0 atom stereocenters. The van der Waals surface area contributed by atoms with Crippen LogP contribution in [0.3, 0.4) is 0 Å². The molecule has 1 nitrogen and oxygen atoms in total. The quantitative estimate of drug-likeness (QED) is 0.308. The molecule has 0 amide bonds. The fourth-order valence-electron chi connectivity index (χ4n) is 0.364. The SMILES string of the molecule is C=C=CC(=C)N=CCC. The molecule has 48 valence electrons. The summed E-state index contributed by atoms with van der Waals surface area (Å²) < 4.78 is 0. The number of hydrogen-bond donors (Lipinski definition) is 0. The van der Waals surface area contributed by atoms with Gasteiger partial charge in [-0.2, -0.15) is 0 Å². The van der Waals surface area contributed by atoms with Gasteiger partial charge in [0, 0.05) is 12.3 Å². The zero-order chi connectivity index (χ0) is 7.11. The van der Waals surface area contributed by atoms with Gasteiger partial charge in [-0.15, -0.1) is 5.73 Å². The molecular formula is C8H11N. The van der Waals surface area contributed by atoms with Gasteiger partial charge in [0.05, 0.1) is 5.70 Å². The third-order valence-corrected chi connectivity index (χ3v) is 0.708. The second kappa shape index (κ2) is 5.07. The third kappa shape index (κ3) is 4.79. The third-order valence-electron chi connectivity index (χ3n) is 0.708. The fraction of sp³-hybridized carbons (Fsp3) is 0.250. The molecule has 0 N–H and O–H groups in total. The van der Waals surface area contributed by atoms with Crippen molar-refractivity contribution in [2.24, 2.45) is 4.99 Å². The molecule has 0 aliphatic heterocycles. The first-order chi connectivity index (χ1) is 4.31. The van der Waals surface area contributed by atoms with Crippen LogP contribution in [0, 0.1) is 0 Å². The lowest BCUT2D eigenvalue weighted by Gasteiger charge is -1.83. The molecule has 1 heteroatoms. The molecular weight excluding hydrogens is 110 g/mol. The van der Waals surface area contributed by atoms with Gasteiger partial charge in [0.1, 0.15) is 0 Å². The van der Waals surface area contributed by atoms with Crippen LogP contribution in [-0.4, -0.2) is 6.21 Å². The van der Waals surface area contributed by atoms with E-state index in [9.17, 15) is 0 Å². The van der Waals surface area contributed by atoms with Crippen molar-refractivity contribution in [2.75, 3.05) is 0 Å². The van der Waals surface area contributed by atoms with Crippen molar-refractivity contribution in [1.29, 1.82) is 0 Å². The molecule has 0 radical (unpaired) electrons. The predicted molar refractivity (Wildman–Crippen MR) is 41.6 cm³/mol. The second-order valence-electron chi connectivity index (χ2n) is 1.56. The molecule has 0 unspecified atom stereocenters. The van der Waals surface area contributed by atoms with Gasteiger partial charge in [-0.1, -0.05) is 20.1 Å². The van der Waals surface area contributed by atoms with Crippen LogP contribution in [0.2, 0.25) is 0 Å². The molecule has 0 heterocycles. The maximum atomic E-state index is 3.95. The van der Waals surface area contributed by atoms with Crippen molar-refractivity contribution in [3.8, 4) is 0 Å². The van der Waals surface area contributed by atoms with Gasteiger partial charge in [-0.3, -0.25) is 4.99 Å². The standard InChI is InChI=1S/C8H11N/c1-4-6-8(3)9-7-5-2/h6-7H,1,3,5H2,2H3. The van der Waals surface area contributed by atoms with E-state index in [1.54, 1.807) is 12.3 Å². The van der Waals surface area contributed by atoms with Crippen molar-refractivity contribution in [3.63, 3.8) is 0 Å². The second-order valence-corrected chi connectivity index (χ2v) is 1.56. The highest BCUT2D eigenvalue weighted by Crippen LogP contribution is 1.90. The van der Waals surface area contributed by atoms with Crippen LogP contribution in [0.25, 0.3) is 0 Å². The molecule has 9 heavy (non-hydrogen) atoms. The summed E-state index contributed by atoms with van der Waals surface area (Å²) in [6.45, 7) is 9.04. The lowest BCUT2D eigenvalue weighted by atomic mass is 10.4. The summed E-state index contributed by atoms with van der Waals surface area (Å²) in [6.07, 6.45) is 4.38. The lowest BCUT2D eigenvalue weighted by Crippen LogP contribution is -1.69. The Hall–Kier alpha value is -1.07. The molecule has 0 bridgehead atoms. The lowest BCUT2D eigenvalue weighted by molar-refractivity contribution is 1.30. The predicted octanol–water partition coefficient (Wildman–Crippen LogP) is 2.32. The van der Waals surface area contributed by atoms with Crippen molar-refractivity contribution in [2.45, 2.75) is 13.3 Å². The largest absolute Gasteiger partial charge is 0.261 e. The number of rotatable bonds is 3. The number of nitrogens with zero attached hydrogens (tertiary/aromatic N) is 1. The first kappa shape index (κ1) is 7.93. The number of aliphatic imine (C=N–C) groups is 1. The number of hydrogen-bond acceptors (Lipinski definition) is 1. The van der Waals surface area contributed by atoms with Gasteiger partial charge in [0.15, 0.2) is 0 Å². The van der Waals surface area contributed by atoms with Gasteiger partial charge in [0.25, 0.3) is 0 Å². The zero-order valence-corrected chi connectivity index (χ0v) is 5.72. The van der Waals surface area contributed by atoms with Crippen LogP contribution in [-0.2, 0) is 0 Å². The van der Waals surface area contributed by atoms with E-state index in [1.165, 1.54) is 0 Å². The maximum absolute atomic E-state index is 3.95. The summed E-state index contributed by atoms with van der Waals surface area (Å²) >= 11 is 0. The fourth-order valence-corrected chi connectivity index (χ4v) is 0.364. The normalized spacial score (nSPS) is 9.00. The van der Waals surface area contributed by atoms with Crippen molar-refractivity contribution < 1.29 is 0 Å². The zero-order valence-electron chi connectivity index (χ0n) is 5.72. The first-order valence-corrected chi connectivity index (χ1v) is 2.88.